The van der Waals surface area contributed by atoms with Crippen LogP contribution in [0.15, 0.2) is 24.3 Å². The highest BCUT2D eigenvalue weighted by molar-refractivity contribution is 5.74. The van der Waals surface area contributed by atoms with E-state index in [9.17, 15) is 9.90 Å². The summed E-state index contributed by atoms with van der Waals surface area (Å²) >= 11 is 0. The van der Waals surface area contributed by atoms with Crippen LogP contribution in [0.5, 0.6) is 0 Å². The Bertz CT molecular complexity index is 559. The van der Waals surface area contributed by atoms with Crippen molar-refractivity contribution >= 4 is 11.7 Å². The highest BCUT2D eigenvalue weighted by atomic mass is 16.3. The number of hydrogen-bond donors (Lipinski definition) is 2. The lowest BCUT2D eigenvalue weighted by atomic mass is 10.1. The van der Waals surface area contributed by atoms with Crippen LogP contribution >= 0.6 is 0 Å². The van der Waals surface area contributed by atoms with Gasteiger partial charge in [0.1, 0.15) is 0 Å². The summed E-state index contributed by atoms with van der Waals surface area (Å²) in [6, 6.07) is 8.84. The molecule has 1 aliphatic carbocycles. The summed E-state index contributed by atoms with van der Waals surface area (Å²) < 4.78 is 0. The quantitative estimate of drug-likeness (QED) is 0.842. The third kappa shape index (κ3) is 3.78. The summed E-state index contributed by atoms with van der Waals surface area (Å²) in [5.41, 5.74) is 2.67. The number of rotatable bonds is 6. The zero-order valence-corrected chi connectivity index (χ0v) is 14.0. The molecular formula is C18H27N3O2. The number of para-hydroxylation sites is 1. The van der Waals surface area contributed by atoms with Crippen LogP contribution in [-0.2, 0) is 6.42 Å². The predicted molar refractivity (Wildman–Crippen MR) is 91.7 cm³/mol. The Morgan fingerprint density at radius 3 is 2.91 bits per heavy atom. The molecule has 1 fully saturated rings. The number of hydrogen-bond acceptors (Lipinski definition) is 3. The monoisotopic (exact) mass is 317 g/mol. The van der Waals surface area contributed by atoms with Crippen molar-refractivity contribution in [3.63, 3.8) is 0 Å². The summed E-state index contributed by atoms with van der Waals surface area (Å²) in [5.74, 6) is 0.396. The maximum absolute atomic E-state index is 12.1. The van der Waals surface area contributed by atoms with E-state index in [1.165, 1.54) is 11.3 Å². The number of carbonyl (C=O) groups excluding carboxylic acids is 1. The first-order valence-electron chi connectivity index (χ1n) is 8.58. The lowest BCUT2D eigenvalue weighted by molar-refractivity contribution is 0.113. The van der Waals surface area contributed by atoms with Gasteiger partial charge in [-0.25, -0.2) is 4.79 Å². The molecule has 5 heteroatoms. The van der Waals surface area contributed by atoms with Gasteiger partial charge in [0.25, 0.3) is 0 Å². The predicted octanol–water partition coefficient (Wildman–Crippen LogP) is 1.85. The van der Waals surface area contributed by atoms with Crippen molar-refractivity contribution < 1.29 is 9.90 Å². The van der Waals surface area contributed by atoms with Gasteiger partial charge in [-0.1, -0.05) is 18.2 Å². The van der Waals surface area contributed by atoms with Gasteiger partial charge < -0.3 is 20.2 Å². The summed E-state index contributed by atoms with van der Waals surface area (Å²) in [6.07, 6.45) is 2.86. The lowest BCUT2D eigenvalue weighted by Gasteiger charge is -2.26. The summed E-state index contributed by atoms with van der Waals surface area (Å²) in [5, 5.41) is 12.9. The molecule has 1 aromatic carbocycles. The topological polar surface area (TPSA) is 55.8 Å². The van der Waals surface area contributed by atoms with Crippen molar-refractivity contribution in [3.8, 4) is 0 Å². The normalized spacial score (nSPS) is 21.0. The Morgan fingerprint density at radius 2 is 2.17 bits per heavy atom. The van der Waals surface area contributed by atoms with Crippen molar-refractivity contribution in [3.05, 3.63) is 29.8 Å². The largest absolute Gasteiger partial charge is 0.391 e. The number of carbonyl (C=O) groups is 1. The Hall–Kier alpha value is -1.75. The van der Waals surface area contributed by atoms with Gasteiger partial charge in [-0.05, 0) is 43.7 Å². The molecule has 23 heavy (non-hydrogen) atoms. The van der Waals surface area contributed by atoms with E-state index >= 15 is 0 Å². The molecule has 2 N–H and O–H groups in total. The molecule has 3 rings (SSSR count). The Labute approximate surface area is 138 Å². The number of nitrogens with one attached hydrogen (secondary N) is 1. The second kappa shape index (κ2) is 6.79. The molecule has 126 valence electrons. The second-order valence-electron chi connectivity index (χ2n) is 6.89. The highest BCUT2D eigenvalue weighted by Gasteiger charge is 2.31. The van der Waals surface area contributed by atoms with Crippen molar-refractivity contribution in [1.29, 1.82) is 0 Å². The van der Waals surface area contributed by atoms with Gasteiger partial charge in [0.15, 0.2) is 0 Å². The van der Waals surface area contributed by atoms with Crippen LogP contribution in [0.1, 0.15) is 25.3 Å². The van der Waals surface area contributed by atoms with Gasteiger partial charge >= 0.3 is 6.03 Å². The maximum atomic E-state index is 12.1. The van der Waals surface area contributed by atoms with E-state index in [0.29, 0.717) is 25.0 Å². The zero-order chi connectivity index (χ0) is 16.4. The first-order chi connectivity index (χ1) is 11.1. The van der Waals surface area contributed by atoms with Crippen LogP contribution in [0.3, 0.4) is 0 Å². The zero-order valence-electron chi connectivity index (χ0n) is 14.0. The van der Waals surface area contributed by atoms with Crippen LogP contribution in [0, 0.1) is 5.92 Å². The Balaban J connectivity index is 1.44. The number of nitrogens with zero attached hydrogens (tertiary/aromatic N) is 2. The molecular weight excluding hydrogens is 290 g/mol. The van der Waals surface area contributed by atoms with Crippen LogP contribution in [0.25, 0.3) is 0 Å². The fraction of sp³-hybridized carbons (Fsp3) is 0.611. The molecule has 1 aromatic rings. The number of fused-ring (bicyclic) bond motifs is 1. The number of amides is 2. The van der Waals surface area contributed by atoms with Crippen molar-refractivity contribution in [1.82, 2.24) is 10.2 Å². The van der Waals surface area contributed by atoms with Crippen molar-refractivity contribution in [2.45, 2.75) is 38.3 Å². The van der Waals surface area contributed by atoms with E-state index in [0.717, 1.165) is 25.8 Å². The van der Waals surface area contributed by atoms with Crippen LogP contribution in [0.4, 0.5) is 10.5 Å². The van der Waals surface area contributed by atoms with E-state index < -0.39 is 0 Å². The number of anilines is 1. The van der Waals surface area contributed by atoms with Gasteiger partial charge in [0.2, 0.25) is 0 Å². The molecule has 2 amide bonds. The fourth-order valence-corrected chi connectivity index (χ4v) is 3.38. The first kappa shape index (κ1) is 16.1. The van der Waals surface area contributed by atoms with Crippen LogP contribution < -0.4 is 10.2 Å². The minimum Gasteiger partial charge on any atom is -0.391 e. The second-order valence-corrected chi connectivity index (χ2v) is 6.89. The highest BCUT2D eigenvalue weighted by Crippen LogP contribution is 2.33. The Morgan fingerprint density at radius 1 is 1.43 bits per heavy atom. The molecule has 0 saturated heterocycles. The number of benzene rings is 1. The third-order valence-electron chi connectivity index (χ3n) is 4.95. The van der Waals surface area contributed by atoms with E-state index in [2.05, 4.69) is 41.4 Å². The average Bonchev–Trinajstić information content (AvgIpc) is 3.32. The van der Waals surface area contributed by atoms with Crippen molar-refractivity contribution in [2.24, 2.45) is 5.92 Å². The molecule has 0 radical (unpaired) electrons. The van der Waals surface area contributed by atoms with Gasteiger partial charge in [-0.15, -0.1) is 0 Å². The Kier molecular flexibility index (Phi) is 4.76. The smallest absolute Gasteiger partial charge is 0.317 e. The molecule has 0 spiro atoms. The molecule has 0 bridgehead atoms. The minimum absolute atomic E-state index is 0.107. The molecule has 1 aliphatic heterocycles. The number of aliphatic hydroxyl groups excluding tert-OH is 1. The summed E-state index contributed by atoms with van der Waals surface area (Å²) in [4.78, 5) is 16.1. The average molecular weight is 317 g/mol. The summed E-state index contributed by atoms with van der Waals surface area (Å²) in [7, 11) is 1.74. The van der Waals surface area contributed by atoms with Gasteiger partial charge in [-0.3, -0.25) is 0 Å². The minimum atomic E-state index is -0.378. The van der Waals surface area contributed by atoms with E-state index in [1.54, 1.807) is 11.9 Å². The van der Waals surface area contributed by atoms with E-state index in [1.807, 2.05) is 0 Å². The van der Waals surface area contributed by atoms with E-state index in [-0.39, 0.29) is 12.1 Å². The van der Waals surface area contributed by atoms with Crippen molar-refractivity contribution in [2.75, 3.05) is 31.6 Å². The fourth-order valence-electron chi connectivity index (χ4n) is 3.38. The lowest BCUT2D eigenvalue weighted by Crippen LogP contribution is -2.45. The number of urea groups is 1. The third-order valence-corrected chi connectivity index (χ3v) is 4.95. The molecule has 2 atom stereocenters. The maximum Gasteiger partial charge on any atom is 0.317 e. The van der Waals surface area contributed by atoms with Gasteiger partial charge in [-0.2, -0.15) is 0 Å². The van der Waals surface area contributed by atoms with Crippen LogP contribution in [-0.4, -0.2) is 54.9 Å². The number of likely N-dealkylation sites (N-methyl/N-ethyl adjacent to an activating group) is 1. The molecule has 0 aromatic heterocycles. The van der Waals surface area contributed by atoms with Crippen LogP contribution in [0.2, 0.25) is 0 Å². The SMILES string of the molecule is CC1Cc2ccccc2N1CCNC(=O)N(C)CC(O)C1CC1. The van der Waals surface area contributed by atoms with Gasteiger partial charge in [0.05, 0.1) is 6.10 Å². The standard InChI is InChI=1S/C18H27N3O2/c1-13-11-15-5-3-4-6-16(15)21(13)10-9-19-18(23)20(2)12-17(22)14-7-8-14/h3-6,13-14,17,22H,7-12H2,1-2H3,(H,19,23). The molecule has 5 nitrogen and oxygen atoms in total. The first-order valence-corrected chi connectivity index (χ1v) is 8.58. The molecule has 1 saturated carbocycles. The van der Waals surface area contributed by atoms with E-state index in [4.69, 9.17) is 0 Å². The molecule has 1 heterocycles. The molecule has 2 aliphatic rings. The summed E-state index contributed by atoms with van der Waals surface area (Å²) in [6.45, 7) is 4.06. The number of aliphatic hydroxyl groups is 1. The van der Waals surface area contributed by atoms with Gasteiger partial charge in [0, 0.05) is 38.4 Å². The molecule has 2 unspecified atom stereocenters.